The molecule has 0 saturated heterocycles. The minimum atomic E-state index is -3.88. The van der Waals surface area contributed by atoms with Gasteiger partial charge in [0.15, 0.2) is 6.61 Å². The van der Waals surface area contributed by atoms with Crippen LogP contribution >= 0.6 is 0 Å². The highest BCUT2D eigenvalue weighted by atomic mass is 32.2. The molecule has 0 radical (unpaired) electrons. The summed E-state index contributed by atoms with van der Waals surface area (Å²) in [5.41, 5.74) is 1.87. The summed E-state index contributed by atoms with van der Waals surface area (Å²) < 4.78 is 36.0. The van der Waals surface area contributed by atoms with Crippen LogP contribution in [0, 0.1) is 6.92 Å². The molecule has 152 valence electrons. The van der Waals surface area contributed by atoms with E-state index >= 15 is 0 Å². The van der Waals surface area contributed by atoms with Gasteiger partial charge in [-0.2, -0.15) is 0 Å². The summed E-state index contributed by atoms with van der Waals surface area (Å²) in [6.07, 6.45) is 0. The molecule has 0 fully saturated rings. The molecule has 0 bridgehead atoms. The second kappa shape index (κ2) is 8.52. The Morgan fingerprint density at radius 1 is 1.14 bits per heavy atom. The first-order valence-electron chi connectivity index (χ1n) is 8.51. The molecule has 0 aliphatic carbocycles. The van der Waals surface area contributed by atoms with E-state index in [2.05, 4.69) is 10.2 Å². The number of hydrogen-bond donors (Lipinski definition) is 0. The number of nitrogens with zero attached hydrogens (tertiary/aromatic N) is 3. The van der Waals surface area contributed by atoms with Gasteiger partial charge in [0.2, 0.25) is 5.89 Å². The maximum atomic E-state index is 12.3. The van der Waals surface area contributed by atoms with Gasteiger partial charge in [0.25, 0.3) is 15.9 Å². The number of carbonyl (C=O) groups excluding carboxylic acids is 1. The molecule has 0 aliphatic rings. The van der Waals surface area contributed by atoms with Crippen LogP contribution in [0.1, 0.15) is 21.8 Å². The van der Waals surface area contributed by atoms with E-state index in [1.165, 1.54) is 38.4 Å². The number of rotatable bonds is 7. The van der Waals surface area contributed by atoms with Crippen molar-refractivity contribution in [2.75, 3.05) is 14.2 Å². The van der Waals surface area contributed by atoms with Gasteiger partial charge in [0.1, 0.15) is 0 Å². The average Bonchev–Trinajstić information content (AvgIpc) is 3.20. The maximum Gasteiger partial charge on any atom is 0.338 e. The molecule has 0 aliphatic heterocycles. The van der Waals surface area contributed by atoms with Gasteiger partial charge in [-0.25, -0.2) is 13.2 Å². The molecule has 0 unspecified atom stereocenters. The molecule has 1 heterocycles. The fraction of sp³-hybridized carbons (Fsp3) is 0.211. The van der Waals surface area contributed by atoms with Crippen LogP contribution in [0.2, 0.25) is 0 Å². The third-order valence-corrected chi connectivity index (χ3v) is 5.70. The van der Waals surface area contributed by atoms with Gasteiger partial charge in [0, 0.05) is 12.6 Å². The minimum absolute atomic E-state index is 0.0639. The summed E-state index contributed by atoms with van der Waals surface area (Å²) in [6, 6.07) is 13.0. The molecule has 3 rings (SSSR count). The Morgan fingerprint density at radius 2 is 1.90 bits per heavy atom. The van der Waals surface area contributed by atoms with E-state index in [1.807, 2.05) is 31.2 Å². The van der Waals surface area contributed by atoms with Crippen LogP contribution in [-0.4, -0.2) is 43.2 Å². The van der Waals surface area contributed by atoms with Crippen LogP contribution in [-0.2, 0) is 26.2 Å². The third kappa shape index (κ3) is 4.67. The highest BCUT2D eigenvalue weighted by molar-refractivity contribution is 7.89. The molecular formula is C19H19N3O6S. The lowest BCUT2D eigenvalue weighted by Gasteiger charge is -2.14. The molecule has 29 heavy (non-hydrogen) atoms. The summed E-state index contributed by atoms with van der Waals surface area (Å²) in [7, 11) is -1.40. The van der Waals surface area contributed by atoms with Crippen molar-refractivity contribution in [2.45, 2.75) is 18.4 Å². The smallest absolute Gasteiger partial charge is 0.338 e. The number of esters is 1. The van der Waals surface area contributed by atoms with E-state index in [9.17, 15) is 13.2 Å². The third-order valence-electron chi connectivity index (χ3n) is 4.02. The summed E-state index contributed by atoms with van der Waals surface area (Å²) >= 11 is 0. The van der Waals surface area contributed by atoms with E-state index in [0.29, 0.717) is 10.4 Å². The number of sulfonamides is 1. The molecule has 1 aromatic heterocycles. The van der Waals surface area contributed by atoms with Crippen LogP contribution in [0.3, 0.4) is 0 Å². The Bertz CT molecular complexity index is 1130. The molecule has 0 saturated carbocycles. The summed E-state index contributed by atoms with van der Waals surface area (Å²) in [5, 5.41) is 7.81. The summed E-state index contributed by atoms with van der Waals surface area (Å²) in [5.74, 6) is -0.286. The maximum absolute atomic E-state index is 12.3. The van der Waals surface area contributed by atoms with E-state index in [-0.39, 0.29) is 23.0 Å². The standard InChI is InChI=1S/C19H19N3O6S/c1-13-6-4-7-14(10-13)18-21-20-17(28-18)12-27-19(23)15-8-5-9-16(11-15)29(24,25)22(2)26-3/h4-11H,12H2,1-3H3. The van der Waals surface area contributed by atoms with Crippen molar-refractivity contribution in [3.8, 4) is 11.5 Å². The fourth-order valence-corrected chi connectivity index (χ4v) is 3.47. The van der Waals surface area contributed by atoms with E-state index < -0.39 is 16.0 Å². The van der Waals surface area contributed by atoms with Crippen molar-refractivity contribution in [3.63, 3.8) is 0 Å². The van der Waals surface area contributed by atoms with Crippen molar-refractivity contribution < 1.29 is 27.2 Å². The molecule has 9 nitrogen and oxygen atoms in total. The molecule has 2 aromatic carbocycles. The van der Waals surface area contributed by atoms with Crippen molar-refractivity contribution in [3.05, 3.63) is 65.5 Å². The van der Waals surface area contributed by atoms with Crippen LogP contribution in [0.15, 0.2) is 57.8 Å². The Morgan fingerprint density at radius 3 is 2.62 bits per heavy atom. The lowest BCUT2D eigenvalue weighted by molar-refractivity contribution is -0.0258. The van der Waals surface area contributed by atoms with Crippen molar-refractivity contribution in [1.82, 2.24) is 14.7 Å². The molecule has 0 atom stereocenters. The molecule has 0 amide bonds. The first-order valence-corrected chi connectivity index (χ1v) is 9.95. The number of carbonyl (C=O) groups is 1. The zero-order valence-corrected chi connectivity index (χ0v) is 16.8. The van der Waals surface area contributed by atoms with Gasteiger partial charge < -0.3 is 9.15 Å². The Labute approximate surface area is 167 Å². The first kappa shape index (κ1) is 20.6. The van der Waals surface area contributed by atoms with Gasteiger partial charge in [-0.15, -0.1) is 10.2 Å². The Balaban J connectivity index is 1.70. The normalized spacial score (nSPS) is 11.6. The lowest BCUT2D eigenvalue weighted by atomic mass is 10.1. The van der Waals surface area contributed by atoms with Crippen molar-refractivity contribution in [1.29, 1.82) is 0 Å². The predicted octanol–water partition coefficient (Wildman–Crippen LogP) is 2.58. The highest BCUT2D eigenvalue weighted by Crippen LogP contribution is 2.20. The number of hydrogen-bond acceptors (Lipinski definition) is 8. The van der Waals surface area contributed by atoms with Crippen LogP contribution in [0.4, 0.5) is 0 Å². The molecule has 10 heteroatoms. The number of aryl methyl sites for hydroxylation is 1. The monoisotopic (exact) mass is 417 g/mol. The van der Waals surface area contributed by atoms with E-state index in [4.69, 9.17) is 14.0 Å². The number of hydroxylamine groups is 1. The number of benzene rings is 2. The summed E-state index contributed by atoms with van der Waals surface area (Å²) in [6.45, 7) is 1.70. The van der Waals surface area contributed by atoms with E-state index in [1.54, 1.807) is 0 Å². The predicted molar refractivity (Wildman–Crippen MR) is 102 cm³/mol. The first-order chi connectivity index (χ1) is 13.8. The quantitative estimate of drug-likeness (QED) is 0.426. The topological polar surface area (TPSA) is 112 Å². The van der Waals surface area contributed by atoms with Gasteiger partial charge in [-0.1, -0.05) is 28.2 Å². The zero-order chi connectivity index (χ0) is 21.0. The number of ether oxygens (including phenoxy) is 1. The Kier molecular flexibility index (Phi) is 6.06. The average molecular weight is 417 g/mol. The molecule has 3 aromatic rings. The van der Waals surface area contributed by atoms with E-state index in [0.717, 1.165) is 11.1 Å². The number of aromatic nitrogens is 2. The molecular weight excluding hydrogens is 398 g/mol. The fourth-order valence-electron chi connectivity index (χ4n) is 2.45. The Hall–Kier alpha value is -3.08. The molecule has 0 N–H and O–H groups in total. The van der Waals surface area contributed by atoms with Crippen molar-refractivity contribution in [2.24, 2.45) is 0 Å². The second-order valence-electron chi connectivity index (χ2n) is 6.07. The van der Waals surface area contributed by atoms with Gasteiger partial charge in [0.05, 0.1) is 17.6 Å². The lowest BCUT2D eigenvalue weighted by Crippen LogP contribution is -2.25. The minimum Gasteiger partial charge on any atom is -0.452 e. The zero-order valence-electron chi connectivity index (χ0n) is 16.0. The van der Waals surface area contributed by atoms with Gasteiger partial charge in [-0.05, 0) is 37.3 Å². The molecule has 0 spiro atoms. The van der Waals surface area contributed by atoms with Crippen LogP contribution in [0.5, 0.6) is 0 Å². The van der Waals surface area contributed by atoms with Crippen LogP contribution < -0.4 is 0 Å². The summed E-state index contributed by atoms with van der Waals surface area (Å²) in [4.78, 5) is 16.9. The second-order valence-corrected chi connectivity index (χ2v) is 8.01. The SMILES string of the molecule is CON(C)S(=O)(=O)c1cccc(C(=O)OCc2nnc(-c3cccc(C)c3)o2)c1. The highest BCUT2D eigenvalue weighted by Gasteiger charge is 2.22. The van der Waals surface area contributed by atoms with Crippen LogP contribution in [0.25, 0.3) is 11.5 Å². The van der Waals surface area contributed by atoms with Gasteiger partial charge in [-0.3, -0.25) is 4.84 Å². The van der Waals surface area contributed by atoms with Gasteiger partial charge >= 0.3 is 5.97 Å². The van der Waals surface area contributed by atoms with Crippen molar-refractivity contribution >= 4 is 16.0 Å². The largest absolute Gasteiger partial charge is 0.452 e.